The molecule has 1 heterocycles. The molecule has 2 rings (SSSR count). The summed E-state index contributed by atoms with van der Waals surface area (Å²) < 4.78 is 61.8. The third kappa shape index (κ3) is 7.57. The van der Waals surface area contributed by atoms with E-state index in [4.69, 9.17) is 18.9 Å². The predicted molar refractivity (Wildman–Crippen MR) is 131 cm³/mol. The number of hydrogen-bond donors (Lipinski definition) is 0. The molecule has 0 N–H and O–H groups in total. The fourth-order valence-corrected chi connectivity index (χ4v) is 4.88. The number of alkyl halides is 3. The summed E-state index contributed by atoms with van der Waals surface area (Å²) in [7, 11) is 1.18. The molecule has 0 bridgehead atoms. The van der Waals surface area contributed by atoms with Gasteiger partial charge in [-0.3, -0.25) is 9.79 Å². The molecule has 1 aliphatic heterocycles. The number of ether oxygens (including phenoxy) is 4. The Hall–Kier alpha value is -2.37. The van der Waals surface area contributed by atoms with Gasteiger partial charge in [0.2, 0.25) is 0 Å². The van der Waals surface area contributed by atoms with Crippen molar-refractivity contribution in [2.24, 2.45) is 10.9 Å². The van der Waals surface area contributed by atoms with E-state index in [1.54, 1.807) is 13.8 Å². The number of nitrogens with zero attached hydrogens (tertiary/aromatic N) is 1. The van der Waals surface area contributed by atoms with E-state index in [-0.39, 0.29) is 23.5 Å². The summed E-state index contributed by atoms with van der Waals surface area (Å²) in [5, 5.41) is 0. The Balaban J connectivity index is 2.59. The van der Waals surface area contributed by atoms with Crippen molar-refractivity contribution < 1.29 is 41.7 Å². The third-order valence-corrected chi connectivity index (χ3v) is 6.42. The van der Waals surface area contributed by atoms with Crippen molar-refractivity contribution in [2.75, 3.05) is 38.4 Å². The lowest BCUT2D eigenvalue weighted by Gasteiger charge is -2.32. The van der Waals surface area contributed by atoms with Crippen LogP contribution in [0.4, 0.5) is 13.2 Å². The molecule has 0 radical (unpaired) electrons. The van der Waals surface area contributed by atoms with Crippen LogP contribution in [0.5, 0.6) is 0 Å². The summed E-state index contributed by atoms with van der Waals surface area (Å²) in [5.74, 6) is -2.95. The van der Waals surface area contributed by atoms with Crippen LogP contribution in [0.1, 0.15) is 44.7 Å². The number of rotatable bonds is 12. The maximum atomic E-state index is 13.5. The summed E-state index contributed by atoms with van der Waals surface area (Å²) in [4.78, 5) is 30.5. The predicted octanol–water partition coefficient (Wildman–Crippen LogP) is 5.00. The standard InChI is InChI=1S/C25H32F3NO6S/c1-6-33-19(34-7-2)14-36-13-18-22(24(31)35-8-3)21(20(15(4)29-18)23(30)32-5)16-10-9-11-17(12-16)25(26,27)28/h9-12,19-21H,6-8,13-14H2,1-5H3. The molecule has 200 valence electrons. The lowest BCUT2D eigenvalue weighted by molar-refractivity contribution is -0.144. The van der Waals surface area contributed by atoms with Gasteiger partial charge in [0.05, 0.1) is 30.6 Å². The van der Waals surface area contributed by atoms with Gasteiger partial charge in [0.25, 0.3) is 0 Å². The van der Waals surface area contributed by atoms with Gasteiger partial charge in [0.1, 0.15) is 5.92 Å². The van der Waals surface area contributed by atoms with Crippen molar-refractivity contribution in [2.45, 2.75) is 46.1 Å². The molecule has 1 aromatic rings. The molecule has 0 saturated heterocycles. The molecule has 0 fully saturated rings. The van der Waals surface area contributed by atoms with Gasteiger partial charge >= 0.3 is 18.1 Å². The van der Waals surface area contributed by atoms with Gasteiger partial charge < -0.3 is 18.9 Å². The van der Waals surface area contributed by atoms with Crippen molar-refractivity contribution in [3.63, 3.8) is 0 Å². The molecule has 11 heteroatoms. The zero-order valence-electron chi connectivity index (χ0n) is 21.0. The summed E-state index contributed by atoms with van der Waals surface area (Å²) in [5.41, 5.74) is -0.0564. The number of carbonyl (C=O) groups excluding carboxylic acids is 2. The smallest absolute Gasteiger partial charge is 0.416 e. The van der Waals surface area contributed by atoms with E-state index >= 15 is 0 Å². The van der Waals surface area contributed by atoms with Gasteiger partial charge in [-0.1, -0.05) is 18.2 Å². The molecule has 2 atom stereocenters. The Kier molecular flexibility index (Phi) is 11.4. The van der Waals surface area contributed by atoms with Crippen molar-refractivity contribution in [1.29, 1.82) is 0 Å². The summed E-state index contributed by atoms with van der Waals surface area (Å²) in [6.07, 6.45) is -5.07. The molecule has 2 unspecified atom stereocenters. The Labute approximate surface area is 213 Å². The number of hydrogen-bond acceptors (Lipinski definition) is 8. The fourth-order valence-electron chi connectivity index (χ4n) is 3.96. The first-order valence-corrected chi connectivity index (χ1v) is 12.8. The molecule has 1 aromatic carbocycles. The molecule has 0 amide bonds. The maximum absolute atomic E-state index is 13.5. The SMILES string of the molecule is CCOC(=O)C1=C(CSCC(OCC)OCC)N=C(C)C(C(=O)OC)C1c1cccc(C(F)(F)F)c1. The molecule has 1 aliphatic rings. The number of benzene rings is 1. The normalized spacial score (nSPS) is 18.3. The molecule has 0 saturated carbocycles. The maximum Gasteiger partial charge on any atom is 0.416 e. The molecule has 36 heavy (non-hydrogen) atoms. The zero-order chi connectivity index (χ0) is 26.9. The highest BCUT2D eigenvalue weighted by molar-refractivity contribution is 7.99. The van der Waals surface area contributed by atoms with Crippen molar-refractivity contribution in [1.82, 2.24) is 0 Å². The molecular weight excluding hydrogens is 499 g/mol. The van der Waals surface area contributed by atoms with E-state index < -0.39 is 41.8 Å². The summed E-state index contributed by atoms with van der Waals surface area (Å²) in [6, 6.07) is 4.59. The van der Waals surface area contributed by atoms with Gasteiger partial charge in [-0.25, -0.2) is 4.79 Å². The Bertz CT molecular complexity index is 973. The minimum absolute atomic E-state index is 0.0362. The van der Waals surface area contributed by atoms with Gasteiger partial charge in [-0.2, -0.15) is 24.9 Å². The first-order chi connectivity index (χ1) is 17.1. The van der Waals surface area contributed by atoms with Crippen LogP contribution in [-0.4, -0.2) is 62.4 Å². The van der Waals surface area contributed by atoms with Crippen molar-refractivity contribution in [3.05, 3.63) is 46.7 Å². The highest BCUT2D eigenvalue weighted by Gasteiger charge is 2.43. The van der Waals surface area contributed by atoms with Crippen LogP contribution in [-0.2, 0) is 34.7 Å². The van der Waals surface area contributed by atoms with Crippen LogP contribution in [0, 0.1) is 5.92 Å². The monoisotopic (exact) mass is 531 g/mol. The second-order valence-corrected chi connectivity index (χ2v) is 8.82. The Morgan fingerprint density at radius 3 is 2.33 bits per heavy atom. The molecule has 0 aliphatic carbocycles. The van der Waals surface area contributed by atoms with E-state index in [0.717, 1.165) is 12.1 Å². The van der Waals surface area contributed by atoms with Gasteiger partial charge in [-0.05, 0) is 39.3 Å². The highest BCUT2D eigenvalue weighted by atomic mass is 32.2. The number of esters is 2. The van der Waals surface area contributed by atoms with Crippen LogP contribution in [0.25, 0.3) is 0 Å². The number of thioether (sulfide) groups is 1. The Morgan fingerprint density at radius 2 is 1.78 bits per heavy atom. The van der Waals surface area contributed by atoms with Gasteiger partial charge in [0.15, 0.2) is 6.29 Å². The first-order valence-electron chi connectivity index (χ1n) is 11.6. The van der Waals surface area contributed by atoms with Crippen LogP contribution in [0.15, 0.2) is 40.5 Å². The minimum atomic E-state index is -4.60. The average Bonchev–Trinajstić information content (AvgIpc) is 2.83. The van der Waals surface area contributed by atoms with Crippen molar-refractivity contribution in [3.8, 4) is 0 Å². The highest BCUT2D eigenvalue weighted by Crippen LogP contribution is 2.42. The quantitative estimate of drug-likeness (QED) is 0.277. The van der Waals surface area contributed by atoms with E-state index in [1.165, 1.54) is 31.0 Å². The van der Waals surface area contributed by atoms with Crippen LogP contribution >= 0.6 is 11.8 Å². The van der Waals surface area contributed by atoms with E-state index in [9.17, 15) is 22.8 Å². The first kappa shape index (κ1) is 29.9. The number of halogens is 3. The van der Waals surface area contributed by atoms with Gasteiger partial charge in [-0.15, -0.1) is 0 Å². The molecule has 7 nitrogen and oxygen atoms in total. The number of carbonyl (C=O) groups is 2. The summed E-state index contributed by atoms with van der Waals surface area (Å²) in [6.45, 7) is 7.86. The number of methoxy groups -OCH3 is 1. The van der Waals surface area contributed by atoms with E-state index in [0.29, 0.717) is 30.4 Å². The molecule has 0 spiro atoms. The molecular formula is C25H32F3NO6S. The lowest BCUT2D eigenvalue weighted by Crippen LogP contribution is -2.37. The van der Waals surface area contributed by atoms with Crippen LogP contribution < -0.4 is 0 Å². The largest absolute Gasteiger partial charge is 0.468 e. The van der Waals surface area contributed by atoms with E-state index in [1.807, 2.05) is 13.8 Å². The second-order valence-electron chi connectivity index (χ2n) is 7.79. The lowest BCUT2D eigenvalue weighted by atomic mass is 9.75. The topological polar surface area (TPSA) is 83.4 Å². The van der Waals surface area contributed by atoms with Gasteiger partial charge in [0, 0.05) is 36.3 Å². The van der Waals surface area contributed by atoms with Crippen LogP contribution in [0.3, 0.4) is 0 Å². The zero-order valence-corrected chi connectivity index (χ0v) is 21.8. The fraction of sp³-hybridized carbons (Fsp3) is 0.560. The van der Waals surface area contributed by atoms with Crippen molar-refractivity contribution >= 4 is 29.4 Å². The van der Waals surface area contributed by atoms with E-state index in [2.05, 4.69) is 4.99 Å². The summed E-state index contributed by atoms with van der Waals surface area (Å²) >= 11 is 1.39. The average molecular weight is 532 g/mol. The molecule has 0 aromatic heterocycles. The number of aliphatic imine (C=N–C) groups is 1. The third-order valence-electron chi connectivity index (χ3n) is 5.44. The minimum Gasteiger partial charge on any atom is -0.468 e. The second kappa shape index (κ2) is 13.8. The Morgan fingerprint density at radius 1 is 1.11 bits per heavy atom. The van der Waals surface area contributed by atoms with Crippen LogP contribution in [0.2, 0.25) is 0 Å².